The topological polar surface area (TPSA) is 71.6 Å². The molecule has 1 saturated heterocycles. The number of nitrogens with one attached hydrogen (secondary N) is 1. The Bertz CT molecular complexity index is 661. The minimum atomic E-state index is -0.515. The highest BCUT2D eigenvalue weighted by atomic mass is 16.6. The first-order valence-corrected chi connectivity index (χ1v) is 7.58. The maximum Gasteiger partial charge on any atom is 0.410 e. The standard InChI is InChI=1S/C16H22N2O4/c1-10-6-16(9-18(10)14(20)22-15(2,3)4)7-11-5-13(19)17-8-12(11)21-16/h5,8,10H,6-7,9H2,1-4H3,(H,17,19)/t10-,16-/m0/s1. The van der Waals surface area contributed by atoms with Gasteiger partial charge in [0.2, 0.25) is 5.56 Å². The Morgan fingerprint density at radius 1 is 1.50 bits per heavy atom. The summed E-state index contributed by atoms with van der Waals surface area (Å²) in [6.45, 7) is 8.04. The van der Waals surface area contributed by atoms with Crippen LogP contribution < -0.4 is 10.3 Å². The van der Waals surface area contributed by atoms with Gasteiger partial charge in [0.05, 0.1) is 6.54 Å². The van der Waals surface area contributed by atoms with E-state index in [0.29, 0.717) is 18.7 Å². The molecule has 1 aromatic heterocycles. The third-order valence-electron chi connectivity index (χ3n) is 4.09. The van der Waals surface area contributed by atoms with Crippen LogP contribution in [0.1, 0.15) is 39.7 Å². The Morgan fingerprint density at radius 2 is 2.23 bits per heavy atom. The number of carbonyl (C=O) groups excluding carboxylic acids is 1. The monoisotopic (exact) mass is 306 g/mol. The number of ether oxygens (including phenoxy) is 2. The first kappa shape index (κ1) is 14.9. The molecule has 1 fully saturated rings. The largest absolute Gasteiger partial charge is 0.483 e. The van der Waals surface area contributed by atoms with E-state index in [1.165, 1.54) is 0 Å². The molecule has 3 heterocycles. The fraction of sp³-hybridized carbons (Fsp3) is 0.625. The van der Waals surface area contributed by atoms with Gasteiger partial charge >= 0.3 is 6.09 Å². The van der Waals surface area contributed by atoms with Gasteiger partial charge < -0.3 is 19.4 Å². The summed E-state index contributed by atoms with van der Waals surface area (Å²) >= 11 is 0. The number of rotatable bonds is 0. The molecule has 0 unspecified atom stereocenters. The van der Waals surface area contributed by atoms with Crippen molar-refractivity contribution in [2.75, 3.05) is 6.54 Å². The van der Waals surface area contributed by atoms with Crippen LogP contribution in [-0.4, -0.2) is 39.8 Å². The molecule has 6 nitrogen and oxygen atoms in total. The van der Waals surface area contributed by atoms with Gasteiger partial charge in [-0.25, -0.2) is 4.79 Å². The number of likely N-dealkylation sites (tertiary alicyclic amines) is 1. The highest BCUT2D eigenvalue weighted by molar-refractivity contribution is 5.69. The molecule has 0 bridgehead atoms. The Kier molecular flexibility index (Phi) is 3.23. The van der Waals surface area contributed by atoms with Gasteiger partial charge in [0.15, 0.2) is 0 Å². The molecule has 0 radical (unpaired) electrons. The zero-order chi connectivity index (χ0) is 16.1. The Labute approximate surface area is 129 Å². The molecule has 1 N–H and O–H groups in total. The van der Waals surface area contributed by atoms with Crippen LogP contribution in [0.5, 0.6) is 5.75 Å². The second kappa shape index (κ2) is 4.76. The molecule has 0 aliphatic carbocycles. The molecule has 1 spiro atoms. The molecule has 22 heavy (non-hydrogen) atoms. The van der Waals surface area contributed by atoms with Crippen molar-refractivity contribution in [2.45, 2.75) is 57.8 Å². The van der Waals surface area contributed by atoms with Gasteiger partial charge in [0.1, 0.15) is 17.0 Å². The maximum absolute atomic E-state index is 12.3. The van der Waals surface area contributed by atoms with Crippen molar-refractivity contribution >= 4 is 6.09 Å². The molecule has 2 atom stereocenters. The molecule has 1 amide bonds. The van der Waals surface area contributed by atoms with Crippen LogP contribution in [-0.2, 0) is 11.2 Å². The van der Waals surface area contributed by atoms with Gasteiger partial charge in [-0.05, 0) is 27.7 Å². The van der Waals surface area contributed by atoms with Crippen molar-refractivity contribution in [1.82, 2.24) is 9.88 Å². The van der Waals surface area contributed by atoms with Gasteiger partial charge in [-0.3, -0.25) is 4.79 Å². The number of aromatic nitrogens is 1. The minimum absolute atomic E-state index is 0.0415. The average molecular weight is 306 g/mol. The number of pyridine rings is 1. The first-order valence-electron chi connectivity index (χ1n) is 7.58. The molecule has 0 aromatic carbocycles. The van der Waals surface area contributed by atoms with Crippen molar-refractivity contribution in [1.29, 1.82) is 0 Å². The third-order valence-corrected chi connectivity index (χ3v) is 4.09. The molecular formula is C16H22N2O4. The van der Waals surface area contributed by atoms with E-state index < -0.39 is 11.2 Å². The second-order valence-electron chi connectivity index (χ2n) is 7.31. The number of carbonyl (C=O) groups is 1. The zero-order valence-corrected chi connectivity index (χ0v) is 13.4. The fourth-order valence-electron chi connectivity index (χ4n) is 3.30. The fourth-order valence-corrected chi connectivity index (χ4v) is 3.30. The molecule has 2 aliphatic rings. The van der Waals surface area contributed by atoms with E-state index in [1.54, 1.807) is 17.2 Å². The van der Waals surface area contributed by atoms with E-state index in [-0.39, 0.29) is 17.7 Å². The van der Waals surface area contributed by atoms with Gasteiger partial charge in [-0.15, -0.1) is 0 Å². The first-order chi connectivity index (χ1) is 10.2. The minimum Gasteiger partial charge on any atom is -0.483 e. The van der Waals surface area contributed by atoms with Crippen molar-refractivity contribution in [2.24, 2.45) is 0 Å². The average Bonchev–Trinajstić information content (AvgIpc) is 2.86. The number of aromatic amines is 1. The van der Waals surface area contributed by atoms with E-state index >= 15 is 0 Å². The summed E-state index contributed by atoms with van der Waals surface area (Å²) in [7, 11) is 0. The van der Waals surface area contributed by atoms with E-state index in [1.807, 2.05) is 27.7 Å². The predicted molar refractivity (Wildman–Crippen MR) is 81.1 cm³/mol. The predicted octanol–water partition coefficient (Wildman–Crippen LogP) is 2.08. The molecule has 6 heteroatoms. The normalized spacial score (nSPS) is 26.9. The van der Waals surface area contributed by atoms with Crippen molar-refractivity contribution < 1.29 is 14.3 Å². The summed E-state index contributed by atoms with van der Waals surface area (Å²) in [5.74, 6) is 0.706. The molecule has 3 rings (SSSR count). The summed E-state index contributed by atoms with van der Waals surface area (Å²) < 4.78 is 11.5. The van der Waals surface area contributed by atoms with Crippen LogP contribution in [0.25, 0.3) is 0 Å². The quantitative estimate of drug-likeness (QED) is 0.796. The van der Waals surface area contributed by atoms with Gasteiger partial charge in [0.25, 0.3) is 0 Å². The highest BCUT2D eigenvalue weighted by Crippen LogP contribution is 2.41. The Morgan fingerprint density at radius 3 is 2.91 bits per heavy atom. The number of hydrogen-bond donors (Lipinski definition) is 1. The summed E-state index contributed by atoms with van der Waals surface area (Å²) in [5.41, 5.74) is -0.185. The van der Waals surface area contributed by atoms with E-state index in [2.05, 4.69) is 4.98 Å². The van der Waals surface area contributed by atoms with Crippen LogP contribution in [0.15, 0.2) is 17.1 Å². The lowest BCUT2D eigenvalue weighted by molar-refractivity contribution is 0.0191. The van der Waals surface area contributed by atoms with Crippen molar-refractivity contribution in [3.8, 4) is 5.75 Å². The lowest BCUT2D eigenvalue weighted by atomic mass is 9.95. The van der Waals surface area contributed by atoms with Crippen molar-refractivity contribution in [3.05, 3.63) is 28.2 Å². The lowest BCUT2D eigenvalue weighted by Gasteiger charge is -2.27. The van der Waals surface area contributed by atoms with E-state index in [4.69, 9.17) is 9.47 Å². The molecule has 120 valence electrons. The molecule has 0 saturated carbocycles. The smallest absolute Gasteiger partial charge is 0.410 e. The van der Waals surface area contributed by atoms with Crippen LogP contribution in [0.3, 0.4) is 0 Å². The summed E-state index contributed by atoms with van der Waals surface area (Å²) in [6, 6.07) is 1.62. The van der Waals surface area contributed by atoms with Crippen LogP contribution in [0, 0.1) is 0 Å². The number of H-pyrrole nitrogens is 1. The number of nitrogens with zero attached hydrogens (tertiary/aromatic N) is 1. The van der Waals surface area contributed by atoms with Crippen LogP contribution >= 0.6 is 0 Å². The van der Waals surface area contributed by atoms with Crippen molar-refractivity contribution in [3.63, 3.8) is 0 Å². The summed E-state index contributed by atoms with van der Waals surface area (Å²) in [5, 5.41) is 0. The number of fused-ring (bicyclic) bond motifs is 1. The van der Waals surface area contributed by atoms with Gasteiger partial charge in [-0.2, -0.15) is 0 Å². The van der Waals surface area contributed by atoms with Gasteiger partial charge in [-0.1, -0.05) is 0 Å². The third kappa shape index (κ3) is 2.69. The number of amides is 1. The summed E-state index contributed by atoms with van der Waals surface area (Å²) in [4.78, 5) is 28.1. The molecular weight excluding hydrogens is 284 g/mol. The molecule has 2 aliphatic heterocycles. The lowest BCUT2D eigenvalue weighted by Crippen LogP contribution is -2.42. The Hall–Kier alpha value is -1.98. The SMILES string of the molecule is C[C@H]1C[C@]2(Cc3cc(=O)[nH]cc3O2)CN1C(=O)OC(C)(C)C. The summed E-state index contributed by atoms with van der Waals surface area (Å²) in [6.07, 6.45) is 2.67. The van der Waals surface area contributed by atoms with Gasteiger partial charge in [0, 0.05) is 36.7 Å². The van der Waals surface area contributed by atoms with Crippen LogP contribution in [0.4, 0.5) is 4.79 Å². The van der Waals surface area contributed by atoms with Crippen LogP contribution in [0.2, 0.25) is 0 Å². The van der Waals surface area contributed by atoms with E-state index in [0.717, 1.165) is 12.0 Å². The zero-order valence-electron chi connectivity index (χ0n) is 13.4. The second-order valence-corrected chi connectivity index (χ2v) is 7.31. The highest BCUT2D eigenvalue weighted by Gasteiger charge is 2.50. The number of hydrogen-bond acceptors (Lipinski definition) is 4. The van der Waals surface area contributed by atoms with E-state index in [9.17, 15) is 9.59 Å². The Balaban J connectivity index is 1.77. The maximum atomic E-state index is 12.3. The molecule has 1 aromatic rings.